The van der Waals surface area contributed by atoms with Crippen molar-refractivity contribution >= 4 is 41.3 Å². The molecule has 0 aromatic rings. The Balaban J connectivity index is 0. The molecule has 12 heavy (non-hydrogen) atoms. The van der Waals surface area contributed by atoms with Gasteiger partial charge in [-0.3, -0.25) is 5.32 Å². The summed E-state index contributed by atoms with van der Waals surface area (Å²) in [6.45, 7) is 0. The zero-order valence-electron chi connectivity index (χ0n) is 6.75. The van der Waals surface area contributed by atoms with E-state index in [9.17, 15) is 0 Å². The predicted octanol–water partition coefficient (Wildman–Crippen LogP) is 0.298. The van der Waals surface area contributed by atoms with E-state index in [1.54, 1.807) is 24.6 Å². The van der Waals surface area contributed by atoms with Crippen LogP contribution in [0.1, 0.15) is 0 Å². The van der Waals surface area contributed by atoms with Gasteiger partial charge in [0.25, 0.3) is 0 Å². The van der Waals surface area contributed by atoms with Crippen LogP contribution in [0.4, 0.5) is 0 Å². The van der Waals surface area contributed by atoms with Crippen molar-refractivity contribution in [3.63, 3.8) is 0 Å². The molecule has 0 heterocycles. The van der Waals surface area contributed by atoms with Gasteiger partial charge >= 0.3 is 0 Å². The second-order valence-corrected chi connectivity index (χ2v) is 2.19. The molecular formula is C6H4N4NaS. The topological polar surface area (TPSA) is 83.4 Å². The van der Waals surface area contributed by atoms with Crippen LogP contribution in [0, 0.1) is 34.1 Å². The number of nitrogens with one attached hydrogen (secondary N) is 1. The normalized spacial score (nSPS) is 6.17. The molecule has 6 heteroatoms. The molecule has 0 unspecified atom stereocenters. The third kappa shape index (κ3) is 4.28. The van der Waals surface area contributed by atoms with E-state index >= 15 is 0 Å². The van der Waals surface area contributed by atoms with Crippen molar-refractivity contribution in [2.75, 3.05) is 6.26 Å². The molecule has 4 nitrogen and oxygen atoms in total. The first-order valence-corrected chi connectivity index (χ1v) is 3.76. The molecule has 0 rings (SSSR count). The molecule has 1 radical (unpaired) electrons. The quantitative estimate of drug-likeness (QED) is 0.291. The van der Waals surface area contributed by atoms with Gasteiger partial charge in [-0.05, 0) is 6.26 Å². The summed E-state index contributed by atoms with van der Waals surface area (Å²) >= 11 is 1.15. The summed E-state index contributed by atoms with van der Waals surface area (Å²) in [5, 5.41) is 27.4. The molecule has 0 saturated heterocycles. The fraction of sp³-hybridized carbons (Fsp3) is 0.167. The van der Waals surface area contributed by atoms with Gasteiger partial charge in [0.15, 0.2) is 11.8 Å². The Bertz CT molecular complexity index is 274. The Morgan fingerprint density at radius 2 is 1.75 bits per heavy atom. The average molecular weight is 187 g/mol. The fourth-order valence-electron chi connectivity index (χ4n) is 0.393. The fourth-order valence-corrected chi connectivity index (χ4v) is 0.836. The number of allylic oxidation sites excluding steroid dienone is 1. The standard InChI is InChI=1S/C6H4N4S.Na/c1-11-6(10-4-9)5(2-7)3-8;/h10H,1H3;. The van der Waals surface area contributed by atoms with Crippen LogP contribution in [0.5, 0.6) is 0 Å². The van der Waals surface area contributed by atoms with Crippen molar-refractivity contribution in [1.82, 2.24) is 5.32 Å². The summed E-state index contributed by atoms with van der Waals surface area (Å²) in [6, 6.07) is 3.34. The van der Waals surface area contributed by atoms with Crippen LogP contribution in [-0.4, -0.2) is 35.8 Å². The molecule has 0 amide bonds. The molecule has 1 N–H and O–H groups in total. The molecule has 0 spiro atoms. The van der Waals surface area contributed by atoms with Crippen LogP contribution >= 0.6 is 11.8 Å². The van der Waals surface area contributed by atoms with Crippen LogP contribution in [-0.2, 0) is 0 Å². The van der Waals surface area contributed by atoms with Crippen LogP contribution in [0.25, 0.3) is 0 Å². The molecule has 0 saturated carbocycles. The molecule has 0 aromatic carbocycles. The number of rotatable bonds is 2. The number of hydrogen-bond donors (Lipinski definition) is 1. The van der Waals surface area contributed by atoms with Crippen LogP contribution in [0.15, 0.2) is 10.6 Å². The molecule has 0 bridgehead atoms. The summed E-state index contributed by atoms with van der Waals surface area (Å²) in [6.07, 6.45) is 3.31. The van der Waals surface area contributed by atoms with Gasteiger partial charge < -0.3 is 0 Å². The number of nitrogens with zero attached hydrogens (tertiary/aromatic N) is 3. The van der Waals surface area contributed by atoms with Crippen LogP contribution in [0.2, 0.25) is 0 Å². The maximum Gasteiger partial charge on any atom is 0.181 e. The van der Waals surface area contributed by atoms with Crippen molar-refractivity contribution < 1.29 is 0 Å². The van der Waals surface area contributed by atoms with Gasteiger partial charge in [-0.15, -0.1) is 11.8 Å². The first-order chi connectivity index (χ1) is 5.29. The SMILES string of the molecule is CSC(NC#N)=C(C#N)C#N.[Na]. The zero-order valence-corrected chi connectivity index (χ0v) is 9.57. The van der Waals surface area contributed by atoms with E-state index in [4.69, 9.17) is 15.8 Å². The van der Waals surface area contributed by atoms with Gasteiger partial charge in [0.05, 0.1) is 0 Å². The second kappa shape index (κ2) is 8.46. The summed E-state index contributed by atoms with van der Waals surface area (Å²) in [5.74, 6) is 0. The molecule has 0 aromatic heterocycles. The monoisotopic (exact) mass is 187 g/mol. The van der Waals surface area contributed by atoms with Crippen LogP contribution < -0.4 is 5.32 Å². The van der Waals surface area contributed by atoms with Gasteiger partial charge in [-0.1, -0.05) is 0 Å². The van der Waals surface area contributed by atoms with Gasteiger partial charge in [0, 0.05) is 29.6 Å². The smallest absolute Gasteiger partial charge is 0.181 e. The average Bonchev–Trinajstić information content (AvgIpc) is 2.05. The molecule has 0 fully saturated rings. The minimum atomic E-state index is -0.0703. The molecule has 0 aliphatic heterocycles. The van der Waals surface area contributed by atoms with Crippen molar-refractivity contribution in [2.45, 2.75) is 0 Å². The molecule has 0 atom stereocenters. The van der Waals surface area contributed by atoms with Gasteiger partial charge in [-0.25, -0.2) is 0 Å². The van der Waals surface area contributed by atoms with Crippen LogP contribution in [0.3, 0.4) is 0 Å². The van der Waals surface area contributed by atoms with Crippen molar-refractivity contribution in [3.05, 3.63) is 10.6 Å². The largest absolute Gasteiger partial charge is 0.285 e. The first-order valence-electron chi connectivity index (χ1n) is 2.53. The maximum atomic E-state index is 8.36. The third-order valence-corrected chi connectivity index (χ3v) is 1.54. The Labute approximate surface area is 97.1 Å². The summed E-state index contributed by atoms with van der Waals surface area (Å²) in [5.41, 5.74) is -0.0703. The summed E-state index contributed by atoms with van der Waals surface area (Å²) in [7, 11) is 0. The number of thioether (sulfide) groups is 1. The third-order valence-electron chi connectivity index (χ3n) is 0.824. The van der Waals surface area contributed by atoms with E-state index in [0.29, 0.717) is 0 Å². The van der Waals surface area contributed by atoms with E-state index in [2.05, 4.69) is 5.32 Å². The van der Waals surface area contributed by atoms with Crippen molar-refractivity contribution in [3.8, 4) is 18.3 Å². The van der Waals surface area contributed by atoms with E-state index in [1.807, 2.05) is 0 Å². The van der Waals surface area contributed by atoms with E-state index < -0.39 is 0 Å². The van der Waals surface area contributed by atoms with Gasteiger partial charge in [-0.2, -0.15) is 15.8 Å². The minimum Gasteiger partial charge on any atom is -0.285 e. The minimum absolute atomic E-state index is 0. The Morgan fingerprint density at radius 3 is 2.00 bits per heavy atom. The Hall–Kier alpha value is -0.640. The van der Waals surface area contributed by atoms with E-state index in [-0.39, 0.29) is 40.2 Å². The molecule has 0 aliphatic carbocycles. The number of nitriles is 3. The maximum absolute atomic E-state index is 8.36. The molecule has 55 valence electrons. The van der Waals surface area contributed by atoms with Gasteiger partial charge in [0.1, 0.15) is 17.2 Å². The zero-order chi connectivity index (χ0) is 8.69. The molecule has 0 aliphatic rings. The summed E-state index contributed by atoms with van der Waals surface area (Å²) in [4.78, 5) is 0. The Kier molecular flexibility index (Phi) is 9.81. The molecular weight excluding hydrogens is 183 g/mol. The summed E-state index contributed by atoms with van der Waals surface area (Å²) < 4.78 is 0. The Morgan fingerprint density at radius 1 is 1.25 bits per heavy atom. The second-order valence-electron chi connectivity index (χ2n) is 1.37. The van der Waals surface area contributed by atoms with Gasteiger partial charge in [0.2, 0.25) is 0 Å². The van der Waals surface area contributed by atoms with Crippen molar-refractivity contribution in [2.24, 2.45) is 0 Å². The number of hydrogen-bond acceptors (Lipinski definition) is 5. The predicted molar refractivity (Wildman–Crippen MR) is 46.3 cm³/mol. The van der Waals surface area contributed by atoms with E-state index in [0.717, 1.165) is 11.8 Å². The van der Waals surface area contributed by atoms with E-state index in [1.165, 1.54) is 0 Å². The van der Waals surface area contributed by atoms with Crippen molar-refractivity contribution in [1.29, 1.82) is 15.8 Å². The first kappa shape index (κ1) is 13.9.